The largest absolute Gasteiger partial charge is 0.508 e. The number of nitrogens with one attached hydrogen (secondary N) is 1. The molecule has 0 spiro atoms. The van der Waals surface area contributed by atoms with Crippen molar-refractivity contribution in [1.29, 1.82) is 0 Å². The lowest BCUT2D eigenvalue weighted by Crippen LogP contribution is -2.04. The summed E-state index contributed by atoms with van der Waals surface area (Å²) in [4.78, 5) is 0. The zero-order chi connectivity index (χ0) is 8.27. The van der Waals surface area contributed by atoms with Gasteiger partial charge < -0.3 is 10.4 Å². The molecule has 0 saturated heterocycles. The molecule has 0 aromatic heterocycles. The Labute approximate surface area is 74.4 Å². The fourth-order valence-electron chi connectivity index (χ4n) is 0.877. The first-order valence-electron chi connectivity index (χ1n) is 3.36. The predicted octanol–water partition coefficient (Wildman–Crippen LogP) is 1.87. The fourth-order valence-corrected chi connectivity index (χ4v) is 1.23. The maximum atomic E-state index is 9.35. The number of halogens is 1. The molecule has 0 saturated carbocycles. The van der Waals surface area contributed by atoms with Gasteiger partial charge in [0.15, 0.2) is 0 Å². The number of rotatable bonds is 2. The van der Waals surface area contributed by atoms with Crippen LogP contribution in [0.5, 0.6) is 5.75 Å². The van der Waals surface area contributed by atoms with Crippen molar-refractivity contribution >= 4 is 15.9 Å². The maximum absolute atomic E-state index is 9.35. The fraction of sp³-hybridized carbons (Fsp3) is 0.250. The number of phenols is 1. The van der Waals surface area contributed by atoms with Crippen molar-refractivity contribution < 1.29 is 5.11 Å². The normalized spacial score (nSPS) is 10.0. The molecule has 1 aromatic rings. The minimum Gasteiger partial charge on any atom is -0.508 e. The lowest BCUT2D eigenvalue weighted by Gasteiger charge is -2.02. The van der Waals surface area contributed by atoms with Crippen molar-refractivity contribution in [2.24, 2.45) is 0 Å². The summed E-state index contributed by atoms with van der Waals surface area (Å²) in [5, 5.41) is 12.3. The Morgan fingerprint density at radius 3 is 2.82 bits per heavy atom. The van der Waals surface area contributed by atoms with Crippen molar-refractivity contribution in [3.63, 3.8) is 0 Å². The summed E-state index contributed by atoms with van der Waals surface area (Å²) in [6, 6.07) is 5.48. The van der Waals surface area contributed by atoms with Gasteiger partial charge in [-0.2, -0.15) is 0 Å². The molecule has 1 rings (SSSR count). The molecule has 2 nitrogen and oxygen atoms in total. The van der Waals surface area contributed by atoms with Crippen molar-refractivity contribution in [2.75, 3.05) is 7.05 Å². The minimum atomic E-state index is 0.328. The van der Waals surface area contributed by atoms with Gasteiger partial charge in [-0.25, -0.2) is 0 Å². The molecule has 2 N–H and O–H groups in total. The lowest BCUT2D eigenvalue weighted by atomic mass is 10.2. The summed E-state index contributed by atoms with van der Waals surface area (Å²) in [6.07, 6.45) is 0. The molecule has 60 valence electrons. The van der Waals surface area contributed by atoms with Gasteiger partial charge in [-0.15, -0.1) is 0 Å². The molecule has 0 amide bonds. The molecule has 0 radical (unpaired) electrons. The molecule has 0 aliphatic heterocycles. The highest BCUT2D eigenvalue weighted by molar-refractivity contribution is 9.10. The first kappa shape index (κ1) is 8.56. The first-order chi connectivity index (χ1) is 5.24. The molecular weight excluding hydrogens is 206 g/mol. The Morgan fingerprint density at radius 2 is 2.27 bits per heavy atom. The maximum Gasteiger partial charge on any atom is 0.121 e. The topological polar surface area (TPSA) is 32.3 Å². The molecule has 3 heteroatoms. The summed E-state index contributed by atoms with van der Waals surface area (Å²) in [5.74, 6) is 0.328. The van der Waals surface area contributed by atoms with Crippen LogP contribution in [0.1, 0.15) is 5.56 Å². The van der Waals surface area contributed by atoms with Gasteiger partial charge in [-0.3, -0.25) is 0 Å². The molecule has 0 heterocycles. The van der Waals surface area contributed by atoms with E-state index >= 15 is 0 Å². The molecule has 0 aliphatic carbocycles. The highest BCUT2D eigenvalue weighted by Gasteiger charge is 1.98. The molecule has 1 aromatic carbocycles. The second kappa shape index (κ2) is 3.74. The third-order valence-electron chi connectivity index (χ3n) is 1.41. The third kappa shape index (κ3) is 2.20. The van der Waals surface area contributed by atoms with Gasteiger partial charge in [0.2, 0.25) is 0 Å². The minimum absolute atomic E-state index is 0.328. The van der Waals surface area contributed by atoms with Crippen molar-refractivity contribution in [3.8, 4) is 5.75 Å². The van der Waals surface area contributed by atoms with E-state index in [0.717, 1.165) is 10.0 Å². The number of hydrogen-bond acceptors (Lipinski definition) is 2. The molecule has 11 heavy (non-hydrogen) atoms. The van der Waals surface area contributed by atoms with Gasteiger partial charge in [0.1, 0.15) is 5.75 Å². The lowest BCUT2D eigenvalue weighted by molar-refractivity contribution is 0.466. The highest BCUT2D eigenvalue weighted by Crippen LogP contribution is 2.21. The third-order valence-corrected chi connectivity index (χ3v) is 1.91. The van der Waals surface area contributed by atoms with Gasteiger partial charge in [0.25, 0.3) is 0 Å². The predicted molar refractivity (Wildman–Crippen MR) is 48.6 cm³/mol. The number of hydrogen-bond donors (Lipinski definition) is 2. The quantitative estimate of drug-likeness (QED) is 0.790. The zero-order valence-electron chi connectivity index (χ0n) is 6.26. The summed E-state index contributed by atoms with van der Waals surface area (Å²) in [5.41, 5.74) is 0.913. The van der Waals surface area contributed by atoms with Crippen molar-refractivity contribution in [3.05, 3.63) is 28.2 Å². The van der Waals surface area contributed by atoms with Gasteiger partial charge in [-0.05, 0) is 19.2 Å². The highest BCUT2D eigenvalue weighted by atomic mass is 79.9. The van der Waals surface area contributed by atoms with E-state index < -0.39 is 0 Å². The van der Waals surface area contributed by atoms with E-state index in [0.29, 0.717) is 12.3 Å². The Morgan fingerprint density at radius 1 is 1.55 bits per heavy atom. The SMILES string of the molecule is CNCc1ccc(Br)cc1O. The summed E-state index contributed by atoms with van der Waals surface area (Å²) < 4.78 is 0.898. The number of aromatic hydroxyl groups is 1. The van der Waals surface area contributed by atoms with E-state index in [1.165, 1.54) is 0 Å². The smallest absolute Gasteiger partial charge is 0.121 e. The molecular formula is C8H10BrNO. The van der Waals surface area contributed by atoms with Crippen LogP contribution < -0.4 is 5.32 Å². The van der Waals surface area contributed by atoms with Crippen LogP contribution in [-0.4, -0.2) is 12.2 Å². The molecule has 0 aliphatic rings. The van der Waals surface area contributed by atoms with Gasteiger partial charge >= 0.3 is 0 Å². The molecule has 0 bridgehead atoms. The second-order valence-corrected chi connectivity index (χ2v) is 3.22. The molecule has 0 fully saturated rings. The molecule has 0 unspecified atom stereocenters. The van der Waals surface area contributed by atoms with Crippen LogP contribution in [0.15, 0.2) is 22.7 Å². The summed E-state index contributed by atoms with van der Waals surface area (Å²) in [6.45, 7) is 0.694. The van der Waals surface area contributed by atoms with Crippen LogP contribution in [0.2, 0.25) is 0 Å². The van der Waals surface area contributed by atoms with E-state index in [1.807, 2.05) is 19.2 Å². The Kier molecular flexibility index (Phi) is 2.91. The van der Waals surface area contributed by atoms with Crippen molar-refractivity contribution in [2.45, 2.75) is 6.54 Å². The molecule has 0 atom stereocenters. The van der Waals surface area contributed by atoms with E-state index in [9.17, 15) is 5.11 Å². The Bertz CT molecular complexity index is 250. The van der Waals surface area contributed by atoms with Gasteiger partial charge in [0.05, 0.1) is 0 Å². The van der Waals surface area contributed by atoms with Crippen LogP contribution in [0.25, 0.3) is 0 Å². The first-order valence-corrected chi connectivity index (χ1v) is 4.15. The van der Waals surface area contributed by atoms with E-state index in [2.05, 4.69) is 21.2 Å². The number of benzene rings is 1. The standard InChI is InChI=1S/C8H10BrNO/c1-10-5-6-2-3-7(9)4-8(6)11/h2-4,10-11H,5H2,1H3. The zero-order valence-corrected chi connectivity index (χ0v) is 7.85. The van der Waals surface area contributed by atoms with E-state index in [1.54, 1.807) is 6.07 Å². The van der Waals surface area contributed by atoms with Crippen LogP contribution in [-0.2, 0) is 6.54 Å². The van der Waals surface area contributed by atoms with Crippen LogP contribution in [0.3, 0.4) is 0 Å². The van der Waals surface area contributed by atoms with Gasteiger partial charge in [-0.1, -0.05) is 22.0 Å². The van der Waals surface area contributed by atoms with Crippen LogP contribution in [0, 0.1) is 0 Å². The van der Waals surface area contributed by atoms with Crippen molar-refractivity contribution in [1.82, 2.24) is 5.32 Å². The second-order valence-electron chi connectivity index (χ2n) is 2.30. The van der Waals surface area contributed by atoms with E-state index in [-0.39, 0.29) is 0 Å². The van der Waals surface area contributed by atoms with Gasteiger partial charge in [0, 0.05) is 16.6 Å². The monoisotopic (exact) mass is 215 g/mol. The van der Waals surface area contributed by atoms with Crippen LogP contribution in [0.4, 0.5) is 0 Å². The number of phenolic OH excluding ortho intramolecular Hbond substituents is 1. The Balaban J connectivity index is 2.90. The summed E-state index contributed by atoms with van der Waals surface area (Å²) in [7, 11) is 1.85. The van der Waals surface area contributed by atoms with Crippen LogP contribution >= 0.6 is 15.9 Å². The average Bonchev–Trinajstić information content (AvgIpc) is 1.95. The Hall–Kier alpha value is -0.540. The average molecular weight is 216 g/mol. The summed E-state index contributed by atoms with van der Waals surface area (Å²) >= 11 is 3.27. The van der Waals surface area contributed by atoms with E-state index in [4.69, 9.17) is 0 Å².